The fourth-order valence-corrected chi connectivity index (χ4v) is 2.38. The fraction of sp³-hybridized carbons (Fsp3) is 0.579. The summed E-state index contributed by atoms with van der Waals surface area (Å²) in [7, 11) is 0. The van der Waals surface area contributed by atoms with Gasteiger partial charge in [-0.1, -0.05) is 25.8 Å². The van der Waals surface area contributed by atoms with Gasteiger partial charge in [-0.05, 0) is 50.5 Å². The number of carbonyl (C=O) groups excluding carboxylic acids is 2. The predicted octanol–water partition coefficient (Wildman–Crippen LogP) is 3.89. The molecular formula is C19H29NO3. The summed E-state index contributed by atoms with van der Waals surface area (Å²) in [6, 6.07) is 5.76. The highest BCUT2D eigenvalue weighted by Crippen LogP contribution is 2.13. The van der Waals surface area contributed by atoms with Crippen LogP contribution in [0.2, 0.25) is 0 Å². The van der Waals surface area contributed by atoms with Gasteiger partial charge < -0.3 is 9.64 Å². The van der Waals surface area contributed by atoms with E-state index in [9.17, 15) is 9.59 Å². The largest absolute Gasteiger partial charge is 0.466 e. The third kappa shape index (κ3) is 6.43. The molecule has 0 N–H and O–H groups in total. The number of aryl methyl sites for hydroxylation is 2. The molecule has 4 nitrogen and oxygen atoms in total. The summed E-state index contributed by atoms with van der Waals surface area (Å²) < 4.78 is 4.96. The van der Waals surface area contributed by atoms with Crippen LogP contribution in [0.3, 0.4) is 0 Å². The van der Waals surface area contributed by atoms with Crippen LogP contribution in [0.25, 0.3) is 0 Å². The quantitative estimate of drug-likeness (QED) is 0.512. The second-order valence-corrected chi connectivity index (χ2v) is 5.85. The van der Waals surface area contributed by atoms with Gasteiger partial charge >= 0.3 is 5.97 Å². The second kappa shape index (κ2) is 10.0. The van der Waals surface area contributed by atoms with Gasteiger partial charge in [0.1, 0.15) is 0 Å². The third-order valence-corrected chi connectivity index (χ3v) is 3.96. The summed E-state index contributed by atoms with van der Waals surface area (Å²) in [6.45, 7) is 9.42. The fourth-order valence-electron chi connectivity index (χ4n) is 2.38. The van der Waals surface area contributed by atoms with Crippen molar-refractivity contribution in [3.8, 4) is 0 Å². The molecule has 1 aromatic rings. The van der Waals surface area contributed by atoms with Crippen molar-refractivity contribution in [2.75, 3.05) is 19.7 Å². The number of hydrogen-bond acceptors (Lipinski definition) is 3. The summed E-state index contributed by atoms with van der Waals surface area (Å²) in [5.74, 6) is -0.255. The van der Waals surface area contributed by atoms with Crippen molar-refractivity contribution in [2.24, 2.45) is 0 Å². The Labute approximate surface area is 139 Å². The third-order valence-electron chi connectivity index (χ3n) is 3.96. The molecular weight excluding hydrogens is 290 g/mol. The summed E-state index contributed by atoms with van der Waals surface area (Å²) >= 11 is 0. The first-order chi connectivity index (χ1) is 11.0. The average Bonchev–Trinajstić information content (AvgIpc) is 2.53. The van der Waals surface area contributed by atoms with E-state index >= 15 is 0 Å². The van der Waals surface area contributed by atoms with Gasteiger partial charge in [-0.2, -0.15) is 0 Å². The van der Waals surface area contributed by atoms with Crippen molar-refractivity contribution < 1.29 is 14.3 Å². The van der Waals surface area contributed by atoms with Gasteiger partial charge in [0.25, 0.3) is 5.91 Å². The summed E-state index contributed by atoms with van der Waals surface area (Å²) in [4.78, 5) is 26.1. The van der Waals surface area contributed by atoms with Crippen LogP contribution >= 0.6 is 0 Å². The molecule has 0 aliphatic rings. The maximum absolute atomic E-state index is 12.7. The highest BCUT2D eigenvalue weighted by molar-refractivity contribution is 5.94. The molecule has 0 saturated heterocycles. The summed E-state index contributed by atoms with van der Waals surface area (Å²) in [5.41, 5.74) is 2.97. The molecule has 1 rings (SSSR count). The Kier molecular flexibility index (Phi) is 8.38. The lowest BCUT2D eigenvalue weighted by atomic mass is 10.1. The first-order valence-electron chi connectivity index (χ1n) is 8.51. The monoisotopic (exact) mass is 319 g/mol. The molecule has 128 valence electrons. The van der Waals surface area contributed by atoms with E-state index in [2.05, 4.69) is 6.92 Å². The number of carbonyl (C=O) groups is 2. The van der Waals surface area contributed by atoms with E-state index in [4.69, 9.17) is 4.74 Å². The zero-order valence-electron chi connectivity index (χ0n) is 14.9. The SMILES string of the molecule is CCCCCN(CCC(=O)OCC)C(=O)c1ccc(C)c(C)c1. The molecule has 1 amide bonds. The number of nitrogens with zero attached hydrogens (tertiary/aromatic N) is 1. The number of hydrogen-bond donors (Lipinski definition) is 0. The second-order valence-electron chi connectivity index (χ2n) is 5.85. The molecule has 0 bridgehead atoms. The zero-order chi connectivity index (χ0) is 17.2. The van der Waals surface area contributed by atoms with Crippen molar-refractivity contribution in [1.29, 1.82) is 0 Å². The lowest BCUT2D eigenvalue weighted by molar-refractivity contribution is -0.143. The molecule has 0 aliphatic carbocycles. The van der Waals surface area contributed by atoms with Crippen LogP contribution in [-0.2, 0) is 9.53 Å². The topological polar surface area (TPSA) is 46.6 Å². The van der Waals surface area contributed by atoms with Gasteiger partial charge in [-0.25, -0.2) is 0 Å². The molecule has 0 aromatic heterocycles. The van der Waals surface area contributed by atoms with Crippen LogP contribution in [0.5, 0.6) is 0 Å². The molecule has 0 atom stereocenters. The van der Waals surface area contributed by atoms with E-state index < -0.39 is 0 Å². The van der Waals surface area contributed by atoms with Crippen LogP contribution in [0.4, 0.5) is 0 Å². The van der Waals surface area contributed by atoms with Crippen LogP contribution < -0.4 is 0 Å². The van der Waals surface area contributed by atoms with Crippen LogP contribution in [0, 0.1) is 13.8 Å². The zero-order valence-corrected chi connectivity index (χ0v) is 14.9. The molecule has 0 aliphatic heterocycles. The molecule has 1 aromatic carbocycles. The van der Waals surface area contributed by atoms with Gasteiger partial charge in [0.2, 0.25) is 0 Å². The minimum atomic E-state index is -0.249. The number of ether oxygens (including phenoxy) is 1. The van der Waals surface area contributed by atoms with E-state index in [0.29, 0.717) is 25.3 Å². The Bertz CT molecular complexity index is 525. The number of esters is 1. The highest BCUT2D eigenvalue weighted by Gasteiger charge is 2.17. The van der Waals surface area contributed by atoms with Crippen molar-refractivity contribution in [3.05, 3.63) is 34.9 Å². The van der Waals surface area contributed by atoms with Crippen molar-refractivity contribution >= 4 is 11.9 Å². The minimum absolute atomic E-state index is 0.00602. The van der Waals surface area contributed by atoms with Crippen molar-refractivity contribution in [1.82, 2.24) is 4.90 Å². The molecule has 0 heterocycles. The van der Waals surface area contributed by atoms with Crippen molar-refractivity contribution in [3.63, 3.8) is 0 Å². The van der Waals surface area contributed by atoms with Gasteiger partial charge in [-0.3, -0.25) is 9.59 Å². The van der Waals surface area contributed by atoms with E-state index in [-0.39, 0.29) is 18.3 Å². The smallest absolute Gasteiger partial charge is 0.307 e. The van der Waals surface area contributed by atoms with Crippen LogP contribution in [0.1, 0.15) is 61.0 Å². The van der Waals surface area contributed by atoms with E-state index in [0.717, 1.165) is 24.8 Å². The highest BCUT2D eigenvalue weighted by atomic mass is 16.5. The first-order valence-corrected chi connectivity index (χ1v) is 8.51. The summed E-state index contributed by atoms with van der Waals surface area (Å²) in [6.07, 6.45) is 3.38. The first kappa shape index (κ1) is 19.2. The molecule has 0 unspecified atom stereocenters. The minimum Gasteiger partial charge on any atom is -0.466 e. The van der Waals surface area contributed by atoms with Gasteiger partial charge in [0.15, 0.2) is 0 Å². The Morgan fingerprint density at radius 3 is 2.39 bits per heavy atom. The summed E-state index contributed by atoms with van der Waals surface area (Å²) in [5, 5.41) is 0. The van der Waals surface area contributed by atoms with E-state index in [1.54, 1.807) is 11.8 Å². The Hall–Kier alpha value is -1.84. The molecule has 0 radical (unpaired) electrons. The molecule has 0 spiro atoms. The molecule has 0 fully saturated rings. The Balaban J connectivity index is 2.77. The number of amides is 1. The van der Waals surface area contributed by atoms with E-state index in [1.807, 2.05) is 32.0 Å². The van der Waals surface area contributed by atoms with Gasteiger partial charge in [0.05, 0.1) is 13.0 Å². The number of rotatable bonds is 9. The molecule has 0 saturated carbocycles. The van der Waals surface area contributed by atoms with Gasteiger partial charge in [0, 0.05) is 18.7 Å². The molecule has 4 heteroatoms. The van der Waals surface area contributed by atoms with E-state index in [1.165, 1.54) is 5.56 Å². The van der Waals surface area contributed by atoms with Gasteiger partial charge in [-0.15, -0.1) is 0 Å². The Morgan fingerprint density at radius 2 is 1.78 bits per heavy atom. The van der Waals surface area contributed by atoms with Crippen LogP contribution in [0.15, 0.2) is 18.2 Å². The Morgan fingerprint density at radius 1 is 1.04 bits per heavy atom. The van der Waals surface area contributed by atoms with Crippen LogP contribution in [-0.4, -0.2) is 36.5 Å². The lowest BCUT2D eigenvalue weighted by Crippen LogP contribution is -2.34. The number of benzene rings is 1. The van der Waals surface area contributed by atoms with Crippen molar-refractivity contribution in [2.45, 2.75) is 53.4 Å². The predicted molar refractivity (Wildman–Crippen MR) is 92.6 cm³/mol. The lowest BCUT2D eigenvalue weighted by Gasteiger charge is -2.23. The maximum Gasteiger partial charge on any atom is 0.307 e. The molecule has 23 heavy (non-hydrogen) atoms. The average molecular weight is 319 g/mol. The maximum atomic E-state index is 12.7. The number of unbranched alkanes of at least 4 members (excludes halogenated alkanes) is 2. The standard InChI is InChI=1S/C19H29NO3/c1-5-7-8-12-20(13-11-18(21)23-6-2)19(22)17-10-9-15(3)16(4)14-17/h9-10,14H,5-8,11-13H2,1-4H3. The normalized spacial score (nSPS) is 10.4.